The molecule has 0 fully saturated rings. The van der Waals surface area contributed by atoms with Gasteiger partial charge in [-0.3, -0.25) is 0 Å². The van der Waals surface area contributed by atoms with Crippen LogP contribution in [0.5, 0.6) is 11.5 Å². The maximum absolute atomic E-state index is 5.75. The molecule has 19 heavy (non-hydrogen) atoms. The molecule has 2 aromatic rings. The quantitative estimate of drug-likeness (QED) is 0.836. The number of hydrogen-bond acceptors (Lipinski definition) is 2. The summed E-state index contributed by atoms with van der Waals surface area (Å²) in [6, 6.07) is 14.5. The Labute approximate surface area is 121 Å². The molecule has 1 heterocycles. The maximum Gasteiger partial charge on any atom is 0.123 e. The van der Waals surface area contributed by atoms with Crippen LogP contribution in [-0.4, -0.2) is 13.2 Å². The Kier molecular flexibility index (Phi) is 3.47. The minimum absolute atomic E-state index is 0.308. The van der Waals surface area contributed by atoms with Crippen molar-refractivity contribution in [3.63, 3.8) is 0 Å². The monoisotopic (exact) mass is 318 g/mol. The van der Waals surface area contributed by atoms with Crippen LogP contribution in [0.2, 0.25) is 0 Å². The Balaban J connectivity index is 1.90. The fourth-order valence-corrected chi connectivity index (χ4v) is 2.80. The second-order valence-corrected chi connectivity index (χ2v) is 5.46. The predicted octanol–water partition coefficient (Wildman–Crippen LogP) is 4.37. The second kappa shape index (κ2) is 5.25. The van der Waals surface area contributed by atoms with Crippen LogP contribution in [-0.2, 0) is 0 Å². The molecule has 3 heteroatoms. The number of hydrogen-bond donors (Lipinski definition) is 0. The van der Waals surface area contributed by atoms with E-state index in [2.05, 4.69) is 34.1 Å². The van der Waals surface area contributed by atoms with Crippen LogP contribution in [0, 0.1) is 0 Å². The van der Waals surface area contributed by atoms with Gasteiger partial charge in [-0.05, 0) is 42.8 Å². The van der Waals surface area contributed by atoms with Gasteiger partial charge in [0, 0.05) is 16.0 Å². The Morgan fingerprint density at radius 2 is 2.00 bits per heavy atom. The van der Waals surface area contributed by atoms with Crippen LogP contribution in [0.1, 0.15) is 24.0 Å². The lowest BCUT2D eigenvalue weighted by atomic mass is 9.93. The summed E-state index contributed by atoms with van der Waals surface area (Å²) in [7, 11) is 0. The molecule has 0 saturated heterocycles. The molecule has 0 amide bonds. The minimum Gasteiger partial charge on any atom is -0.494 e. The average Bonchev–Trinajstić information content (AvgIpc) is 2.83. The Morgan fingerprint density at radius 3 is 2.74 bits per heavy atom. The van der Waals surface area contributed by atoms with Crippen molar-refractivity contribution < 1.29 is 9.47 Å². The Bertz CT molecular complexity index is 578. The third-order valence-corrected chi connectivity index (χ3v) is 3.84. The Morgan fingerprint density at radius 1 is 1.21 bits per heavy atom. The molecule has 0 saturated carbocycles. The van der Waals surface area contributed by atoms with Gasteiger partial charge < -0.3 is 9.47 Å². The highest BCUT2D eigenvalue weighted by atomic mass is 79.9. The van der Waals surface area contributed by atoms with Crippen molar-refractivity contribution in [2.24, 2.45) is 0 Å². The molecule has 1 aliphatic heterocycles. The van der Waals surface area contributed by atoms with Gasteiger partial charge in [0.05, 0.1) is 13.2 Å². The third kappa shape index (κ3) is 2.47. The standard InChI is InChI=1S/C16H15BrO2/c1-2-18-13-6-3-11(4-7-13)15-10-19-16-8-5-12(17)9-14(15)16/h3-9,15H,2,10H2,1H3. The Hall–Kier alpha value is -1.48. The van der Waals surface area contributed by atoms with E-state index in [0.717, 1.165) is 16.0 Å². The first kappa shape index (κ1) is 12.5. The zero-order chi connectivity index (χ0) is 13.2. The lowest BCUT2D eigenvalue weighted by molar-refractivity contribution is 0.338. The molecule has 98 valence electrons. The van der Waals surface area contributed by atoms with Gasteiger partial charge >= 0.3 is 0 Å². The highest BCUT2D eigenvalue weighted by Gasteiger charge is 2.25. The summed E-state index contributed by atoms with van der Waals surface area (Å²) in [5.41, 5.74) is 2.51. The van der Waals surface area contributed by atoms with Crippen LogP contribution in [0.4, 0.5) is 0 Å². The topological polar surface area (TPSA) is 18.5 Å². The second-order valence-electron chi connectivity index (χ2n) is 4.55. The highest BCUT2D eigenvalue weighted by molar-refractivity contribution is 9.10. The number of rotatable bonds is 3. The molecular formula is C16H15BrO2. The van der Waals surface area contributed by atoms with Crippen LogP contribution in [0.25, 0.3) is 0 Å². The fourth-order valence-electron chi connectivity index (χ4n) is 2.42. The smallest absolute Gasteiger partial charge is 0.123 e. The van der Waals surface area contributed by atoms with E-state index >= 15 is 0 Å². The van der Waals surface area contributed by atoms with Crippen molar-refractivity contribution in [1.82, 2.24) is 0 Å². The lowest BCUT2D eigenvalue weighted by Crippen LogP contribution is -2.02. The van der Waals surface area contributed by atoms with Gasteiger partial charge in [0.25, 0.3) is 0 Å². The van der Waals surface area contributed by atoms with E-state index in [-0.39, 0.29) is 0 Å². The van der Waals surface area contributed by atoms with Crippen LogP contribution in [0.3, 0.4) is 0 Å². The van der Waals surface area contributed by atoms with Crippen molar-refractivity contribution in [2.75, 3.05) is 13.2 Å². The summed E-state index contributed by atoms with van der Waals surface area (Å²) in [6.45, 7) is 3.40. The summed E-state index contributed by atoms with van der Waals surface area (Å²) in [4.78, 5) is 0. The van der Waals surface area contributed by atoms with E-state index in [1.807, 2.05) is 31.2 Å². The van der Waals surface area contributed by atoms with Gasteiger partial charge in [-0.25, -0.2) is 0 Å². The normalized spacial score (nSPS) is 16.8. The summed E-state index contributed by atoms with van der Waals surface area (Å²) in [5, 5.41) is 0. The maximum atomic E-state index is 5.75. The van der Waals surface area contributed by atoms with E-state index in [4.69, 9.17) is 9.47 Å². The van der Waals surface area contributed by atoms with E-state index < -0.39 is 0 Å². The van der Waals surface area contributed by atoms with Crippen molar-refractivity contribution >= 4 is 15.9 Å². The molecule has 0 N–H and O–H groups in total. The summed E-state index contributed by atoms with van der Waals surface area (Å²) < 4.78 is 12.3. The van der Waals surface area contributed by atoms with Crippen LogP contribution < -0.4 is 9.47 Å². The van der Waals surface area contributed by atoms with Gasteiger partial charge in [0.2, 0.25) is 0 Å². The first-order valence-corrected chi connectivity index (χ1v) is 7.22. The van der Waals surface area contributed by atoms with Gasteiger partial charge in [0.15, 0.2) is 0 Å². The first-order valence-electron chi connectivity index (χ1n) is 6.43. The van der Waals surface area contributed by atoms with Gasteiger partial charge in [0.1, 0.15) is 11.5 Å². The average molecular weight is 319 g/mol. The van der Waals surface area contributed by atoms with Crippen molar-refractivity contribution in [3.05, 3.63) is 58.1 Å². The molecule has 0 aliphatic carbocycles. The van der Waals surface area contributed by atoms with Crippen LogP contribution in [0.15, 0.2) is 46.9 Å². The molecule has 1 unspecified atom stereocenters. The van der Waals surface area contributed by atoms with Crippen LogP contribution >= 0.6 is 15.9 Å². The zero-order valence-corrected chi connectivity index (χ0v) is 12.3. The zero-order valence-electron chi connectivity index (χ0n) is 10.7. The highest BCUT2D eigenvalue weighted by Crippen LogP contribution is 2.39. The number of ether oxygens (including phenoxy) is 2. The van der Waals surface area contributed by atoms with Crippen molar-refractivity contribution in [3.8, 4) is 11.5 Å². The van der Waals surface area contributed by atoms with Gasteiger partial charge in [-0.2, -0.15) is 0 Å². The lowest BCUT2D eigenvalue weighted by Gasteiger charge is -2.11. The summed E-state index contributed by atoms with van der Waals surface area (Å²) in [6.07, 6.45) is 0. The minimum atomic E-state index is 0.308. The summed E-state index contributed by atoms with van der Waals surface area (Å²) in [5.74, 6) is 2.21. The SMILES string of the molecule is CCOc1ccc(C2COc3ccc(Br)cc32)cc1. The first-order chi connectivity index (χ1) is 9.28. The van der Waals surface area contributed by atoms with E-state index in [1.165, 1.54) is 11.1 Å². The van der Waals surface area contributed by atoms with E-state index in [1.54, 1.807) is 0 Å². The summed E-state index contributed by atoms with van der Waals surface area (Å²) >= 11 is 3.52. The van der Waals surface area contributed by atoms with Gasteiger partial charge in [-0.1, -0.05) is 28.1 Å². The fraction of sp³-hybridized carbons (Fsp3) is 0.250. The molecule has 0 aromatic heterocycles. The molecule has 0 bridgehead atoms. The van der Waals surface area contributed by atoms with E-state index in [9.17, 15) is 0 Å². The van der Waals surface area contributed by atoms with Crippen molar-refractivity contribution in [2.45, 2.75) is 12.8 Å². The number of benzene rings is 2. The molecule has 0 spiro atoms. The van der Waals surface area contributed by atoms with Crippen molar-refractivity contribution in [1.29, 1.82) is 0 Å². The molecular weight excluding hydrogens is 304 g/mol. The molecule has 2 aromatic carbocycles. The van der Waals surface area contributed by atoms with Gasteiger partial charge in [-0.15, -0.1) is 0 Å². The molecule has 2 nitrogen and oxygen atoms in total. The molecule has 1 aliphatic rings. The number of halogens is 1. The third-order valence-electron chi connectivity index (χ3n) is 3.35. The molecule has 0 radical (unpaired) electrons. The van der Waals surface area contributed by atoms with E-state index in [0.29, 0.717) is 19.1 Å². The number of fused-ring (bicyclic) bond motifs is 1. The predicted molar refractivity (Wildman–Crippen MR) is 79.1 cm³/mol. The molecule has 3 rings (SSSR count). The molecule has 1 atom stereocenters. The largest absolute Gasteiger partial charge is 0.494 e.